The highest BCUT2D eigenvalue weighted by Gasteiger charge is 2.34. The van der Waals surface area contributed by atoms with Gasteiger partial charge in [0.05, 0.1) is 13.7 Å². The second kappa shape index (κ2) is 8.45. The minimum absolute atomic E-state index is 0.227. The van der Waals surface area contributed by atoms with Crippen LogP contribution < -0.4 is 5.32 Å². The average Bonchev–Trinajstić information content (AvgIpc) is 2.37. The van der Waals surface area contributed by atoms with E-state index in [-0.39, 0.29) is 12.0 Å². The maximum absolute atomic E-state index is 11.8. The number of methoxy groups -OCH3 is 1. The van der Waals surface area contributed by atoms with Crippen molar-refractivity contribution in [3.8, 4) is 0 Å². The van der Waals surface area contributed by atoms with Crippen molar-refractivity contribution < 1.29 is 14.3 Å². The first kappa shape index (κ1) is 17.4. The van der Waals surface area contributed by atoms with Crippen molar-refractivity contribution >= 4 is 5.97 Å². The summed E-state index contributed by atoms with van der Waals surface area (Å²) in [5, 5.41) is 3.05. The van der Waals surface area contributed by atoms with Crippen molar-refractivity contribution in [1.82, 2.24) is 10.2 Å². The molecule has 2 atom stereocenters. The van der Waals surface area contributed by atoms with E-state index in [1.54, 1.807) is 7.05 Å². The lowest BCUT2D eigenvalue weighted by Crippen LogP contribution is -2.52. The van der Waals surface area contributed by atoms with E-state index < -0.39 is 5.54 Å². The Hall–Kier alpha value is -0.650. The van der Waals surface area contributed by atoms with Crippen LogP contribution in [0.3, 0.4) is 0 Å². The van der Waals surface area contributed by atoms with E-state index in [2.05, 4.69) is 17.1 Å². The number of ether oxygens (including phenoxy) is 2. The standard InChI is InChI=1S/C13H28N2O3/c1-7-18-9-8-15(5)11(2)10-13(3,14-4)12(16)17-6/h11,14H,7-10H2,1-6H3. The lowest BCUT2D eigenvalue weighted by Gasteiger charge is -2.33. The molecule has 0 spiro atoms. The quantitative estimate of drug-likeness (QED) is 0.493. The fourth-order valence-corrected chi connectivity index (χ4v) is 1.83. The molecule has 0 aromatic carbocycles. The van der Waals surface area contributed by atoms with Gasteiger partial charge in [0.15, 0.2) is 0 Å². The molecule has 0 aromatic rings. The molecule has 5 nitrogen and oxygen atoms in total. The van der Waals surface area contributed by atoms with Crippen molar-refractivity contribution in [2.24, 2.45) is 0 Å². The molecule has 0 aliphatic rings. The van der Waals surface area contributed by atoms with Gasteiger partial charge in [-0.3, -0.25) is 4.79 Å². The van der Waals surface area contributed by atoms with E-state index in [1.165, 1.54) is 7.11 Å². The number of esters is 1. The minimum Gasteiger partial charge on any atom is -0.468 e. The Morgan fingerprint density at radius 3 is 2.56 bits per heavy atom. The number of likely N-dealkylation sites (N-methyl/N-ethyl adjacent to an activating group) is 2. The third kappa shape index (κ3) is 5.33. The molecule has 0 amide bonds. The maximum atomic E-state index is 11.8. The normalized spacial score (nSPS) is 16.4. The molecule has 0 fully saturated rings. The largest absolute Gasteiger partial charge is 0.468 e. The van der Waals surface area contributed by atoms with E-state index in [9.17, 15) is 4.79 Å². The maximum Gasteiger partial charge on any atom is 0.325 e. The zero-order valence-corrected chi connectivity index (χ0v) is 12.6. The van der Waals surface area contributed by atoms with E-state index >= 15 is 0 Å². The van der Waals surface area contributed by atoms with Crippen LogP contribution in [0, 0.1) is 0 Å². The van der Waals surface area contributed by atoms with Crippen molar-refractivity contribution in [1.29, 1.82) is 0 Å². The van der Waals surface area contributed by atoms with Crippen LogP contribution >= 0.6 is 0 Å². The van der Waals surface area contributed by atoms with E-state index in [0.717, 1.165) is 13.2 Å². The Morgan fingerprint density at radius 2 is 2.11 bits per heavy atom. The third-order valence-corrected chi connectivity index (χ3v) is 3.44. The third-order valence-electron chi connectivity index (χ3n) is 3.44. The number of nitrogens with zero attached hydrogens (tertiary/aromatic N) is 1. The Morgan fingerprint density at radius 1 is 1.50 bits per heavy atom. The van der Waals surface area contributed by atoms with Gasteiger partial charge in [-0.25, -0.2) is 0 Å². The van der Waals surface area contributed by atoms with Gasteiger partial charge in [0.2, 0.25) is 0 Å². The molecular weight excluding hydrogens is 232 g/mol. The molecular formula is C13H28N2O3. The summed E-state index contributed by atoms with van der Waals surface area (Å²) < 4.78 is 10.2. The average molecular weight is 260 g/mol. The summed E-state index contributed by atoms with van der Waals surface area (Å²) in [7, 11) is 5.24. The number of hydrogen-bond acceptors (Lipinski definition) is 5. The fourth-order valence-electron chi connectivity index (χ4n) is 1.83. The van der Waals surface area contributed by atoms with Gasteiger partial charge in [-0.1, -0.05) is 0 Å². The zero-order chi connectivity index (χ0) is 14.2. The zero-order valence-electron chi connectivity index (χ0n) is 12.6. The van der Waals surface area contributed by atoms with Crippen LogP contribution in [0.15, 0.2) is 0 Å². The molecule has 0 aliphatic heterocycles. The number of nitrogens with one attached hydrogen (secondary N) is 1. The Balaban J connectivity index is 4.33. The molecule has 18 heavy (non-hydrogen) atoms. The molecule has 0 aliphatic carbocycles. The summed E-state index contributed by atoms with van der Waals surface area (Å²) in [6.07, 6.45) is 0.693. The van der Waals surface area contributed by atoms with Crippen molar-refractivity contribution in [3.05, 3.63) is 0 Å². The first-order valence-corrected chi connectivity index (χ1v) is 6.46. The van der Waals surface area contributed by atoms with E-state index in [1.807, 2.05) is 20.9 Å². The molecule has 0 saturated carbocycles. The summed E-state index contributed by atoms with van der Waals surface area (Å²) in [5.41, 5.74) is -0.645. The van der Waals surface area contributed by atoms with Gasteiger partial charge in [0, 0.05) is 19.2 Å². The number of carbonyl (C=O) groups is 1. The molecule has 1 N–H and O–H groups in total. The SMILES string of the molecule is CCOCCN(C)C(C)CC(C)(NC)C(=O)OC. The van der Waals surface area contributed by atoms with Gasteiger partial charge in [-0.05, 0) is 41.3 Å². The van der Waals surface area contributed by atoms with E-state index in [0.29, 0.717) is 13.0 Å². The van der Waals surface area contributed by atoms with Gasteiger partial charge in [0.25, 0.3) is 0 Å². The van der Waals surface area contributed by atoms with Gasteiger partial charge >= 0.3 is 5.97 Å². The molecule has 0 heterocycles. The Labute approximate surface area is 111 Å². The fraction of sp³-hybridized carbons (Fsp3) is 0.923. The first-order chi connectivity index (χ1) is 8.41. The monoisotopic (exact) mass is 260 g/mol. The molecule has 0 saturated heterocycles. The lowest BCUT2D eigenvalue weighted by molar-refractivity contribution is -0.148. The predicted octanol–water partition coefficient (Wildman–Crippen LogP) is 0.884. The molecule has 2 unspecified atom stereocenters. The second-order valence-corrected chi connectivity index (χ2v) is 4.80. The number of rotatable bonds is 9. The van der Waals surface area contributed by atoms with Crippen LogP contribution in [0.2, 0.25) is 0 Å². The van der Waals surface area contributed by atoms with Crippen LogP contribution in [0.25, 0.3) is 0 Å². The molecule has 0 radical (unpaired) electrons. The lowest BCUT2D eigenvalue weighted by atomic mass is 9.93. The second-order valence-electron chi connectivity index (χ2n) is 4.80. The Kier molecular flexibility index (Phi) is 8.15. The topological polar surface area (TPSA) is 50.8 Å². The highest BCUT2D eigenvalue weighted by Crippen LogP contribution is 2.16. The first-order valence-electron chi connectivity index (χ1n) is 6.46. The summed E-state index contributed by atoms with van der Waals surface area (Å²) in [5.74, 6) is -0.227. The molecule has 5 heteroatoms. The molecule has 0 rings (SSSR count). The number of hydrogen-bond donors (Lipinski definition) is 1. The van der Waals surface area contributed by atoms with Gasteiger partial charge in [-0.2, -0.15) is 0 Å². The molecule has 108 valence electrons. The highest BCUT2D eigenvalue weighted by atomic mass is 16.5. The van der Waals surface area contributed by atoms with Crippen LogP contribution in [-0.4, -0.2) is 63.4 Å². The molecule has 0 aromatic heterocycles. The van der Waals surface area contributed by atoms with Crippen molar-refractivity contribution in [2.45, 2.75) is 38.8 Å². The number of carbonyl (C=O) groups excluding carboxylic acids is 1. The summed E-state index contributed by atoms with van der Waals surface area (Å²) in [4.78, 5) is 13.9. The minimum atomic E-state index is -0.645. The van der Waals surface area contributed by atoms with Crippen molar-refractivity contribution in [2.75, 3.05) is 41.0 Å². The van der Waals surface area contributed by atoms with Crippen LogP contribution in [0.1, 0.15) is 27.2 Å². The van der Waals surface area contributed by atoms with Crippen LogP contribution in [0.4, 0.5) is 0 Å². The summed E-state index contributed by atoms with van der Waals surface area (Å²) in [6.45, 7) is 8.26. The predicted molar refractivity (Wildman–Crippen MR) is 72.7 cm³/mol. The van der Waals surface area contributed by atoms with E-state index in [4.69, 9.17) is 9.47 Å². The van der Waals surface area contributed by atoms with Crippen LogP contribution in [0.5, 0.6) is 0 Å². The smallest absolute Gasteiger partial charge is 0.325 e. The Bertz CT molecular complexity index is 248. The summed E-state index contributed by atoms with van der Waals surface area (Å²) in [6, 6.07) is 0.266. The molecule has 0 bridgehead atoms. The van der Waals surface area contributed by atoms with Gasteiger partial charge < -0.3 is 19.7 Å². The highest BCUT2D eigenvalue weighted by molar-refractivity contribution is 5.80. The summed E-state index contributed by atoms with van der Waals surface area (Å²) >= 11 is 0. The van der Waals surface area contributed by atoms with Crippen molar-refractivity contribution in [3.63, 3.8) is 0 Å². The van der Waals surface area contributed by atoms with Gasteiger partial charge in [-0.15, -0.1) is 0 Å². The van der Waals surface area contributed by atoms with Crippen LogP contribution in [-0.2, 0) is 14.3 Å². The van der Waals surface area contributed by atoms with Gasteiger partial charge in [0.1, 0.15) is 5.54 Å².